The van der Waals surface area contributed by atoms with Crippen molar-refractivity contribution >= 4 is 56.6 Å². The first-order valence-electron chi connectivity index (χ1n) is 13.3. The van der Waals surface area contributed by atoms with Gasteiger partial charge in [-0.3, -0.25) is 19.0 Å². The average Bonchev–Trinajstić information content (AvgIpc) is 3.46. The lowest BCUT2D eigenvalue weighted by molar-refractivity contribution is -0.121. The van der Waals surface area contributed by atoms with Gasteiger partial charge in [-0.15, -0.1) is 11.3 Å². The molecule has 8 nitrogen and oxygen atoms in total. The minimum Gasteiger partial charge on any atom is -0.493 e. The molecule has 1 amide bonds. The summed E-state index contributed by atoms with van der Waals surface area (Å²) in [4.78, 5) is 42.9. The molecule has 0 saturated heterocycles. The van der Waals surface area contributed by atoms with Gasteiger partial charge in [0.05, 0.1) is 25.5 Å². The van der Waals surface area contributed by atoms with Crippen LogP contribution in [0.25, 0.3) is 10.2 Å². The van der Waals surface area contributed by atoms with E-state index >= 15 is 0 Å². The van der Waals surface area contributed by atoms with Crippen molar-refractivity contribution < 1.29 is 19.1 Å². The summed E-state index contributed by atoms with van der Waals surface area (Å²) in [5.74, 6) is 1.44. The molecule has 0 fully saturated rings. The van der Waals surface area contributed by atoms with E-state index in [1.807, 2.05) is 29.6 Å². The van der Waals surface area contributed by atoms with Crippen LogP contribution in [-0.2, 0) is 17.8 Å². The lowest BCUT2D eigenvalue weighted by Crippen LogP contribution is -2.25. The van der Waals surface area contributed by atoms with Gasteiger partial charge in [0.15, 0.2) is 22.4 Å². The first-order chi connectivity index (χ1) is 19.9. The first kappa shape index (κ1) is 30.6. The Bertz CT molecular complexity index is 1550. The van der Waals surface area contributed by atoms with Crippen LogP contribution in [0.15, 0.2) is 63.9 Å². The van der Waals surface area contributed by atoms with E-state index in [1.165, 1.54) is 23.1 Å². The molecule has 0 saturated carbocycles. The quantitative estimate of drug-likeness (QED) is 0.0757. The summed E-state index contributed by atoms with van der Waals surface area (Å²) >= 11 is 8.56. The number of halogens is 1. The maximum absolute atomic E-state index is 13.2. The van der Waals surface area contributed by atoms with Crippen LogP contribution in [0.1, 0.15) is 41.6 Å². The average molecular weight is 614 g/mol. The Kier molecular flexibility index (Phi) is 11.2. The first-order valence-corrected chi connectivity index (χ1v) is 15.5. The van der Waals surface area contributed by atoms with Gasteiger partial charge in [0.1, 0.15) is 4.70 Å². The highest BCUT2D eigenvalue weighted by Crippen LogP contribution is 2.27. The topological polar surface area (TPSA) is 99.5 Å². The molecule has 2 aromatic heterocycles. The molecule has 0 unspecified atom stereocenters. The maximum Gasteiger partial charge on any atom is 0.272 e. The fraction of sp³-hybridized carbons (Fsp3) is 0.333. The van der Waals surface area contributed by atoms with Crippen LogP contribution in [0.2, 0.25) is 5.02 Å². The van der Waals surface area contributed by atoms with Gasteiger partial charge < -0.3 is 14.8 Å². The largest absolute Gasteiger partial charge is 0.493 e. The molecule has 0 atom stereocenters. The number of methoxy groups -OCH3 is 2. The van der Waals surface area contributed by atoms with Gasteiger partial charge in [0.2, 0.25) is 5.91 Å². The van der Waals surface area contributed by atoms with Crippen LogP contribution in [0, 0.1) is 0 Å². The van der Waals surface area contributed by atoms with Gasteiger partial charge in [0.25, 0.3) is 5.56 Å². The lowest BCUT2D eigenvalue weighted by Gasteiger charge is -2.12. The molecule has 0 aliphatic carbocycles. The number of carbonyl (C=O) groups is 2. The van der Waals surface area contributed by atoms with Crippen LogP contribution in [0.4, 0.5) is 0 Å². The summed E-state index contributed by atoms with van der Waals surface area (Å²) in [7, 11) is 3.19. The lowest BCUT2D eigenvalue weighted by atomic mass is 10.1. The Balaban J connectivity index is 1.25. The fourth-order valence-electron chi connectivity index (χ4n) is 4.28. The Morgan fingerprint density at radius 3 is 2.56 bits per heavy atom. The predicted molar refractivity (Wildman–Crippen MR) is 165 cm³/mol. The van der Waals surface area contributed by atoms with Crippen molar-refractivity contribution in [3.63, 3.8) is 0 Å². The number of aromatic nitrogens is 2. The molecule has 4 aromatic rings. The number of Topliss-reactive ketones (excluding diaryl/α,β-unsaturated/α-hetero) is 1. The minimum atomic E-state index is -0.0978. The number of thiophene rings is 1. The molecule has 0 aliphatic heterocycles. The van der Waals surface area contributed by atoms with E-state index in [1.54, 1.807) is 43.1 Å². The highest BCUT2D eigenvalue weighted by molar-refractivity contribution is 7.99. The van der Waals surface area contributed by atoms with Crippen LogP contribution in [0.5, 0.6) is 11.5 Å². The van der Waals surface area contributed by atoms with Crippen molar-refractivity contribution in [3.8, 4) is 11.5 Å². The number of hydrogen-bond donors (Lipinski definition) is 1. The highest BCUT2D eigenvalue weighted by atomic mass is 35.5. The monoisotopic (exact) mass is 613 g/mol. The van der Waals surface area contributed by atoms with E-state index in [0.717, 1.165) is 18.4 Å². The molecule has 41 heavy (non-hydrogen) atoms. The summed E-state index contributed by atoms with van der Waals surface area (Å²) < 4.78 is 12.9. The Labute approximate surface area is 252 Å². The molecule has 0 bridgehead atoms. The third kappa shape index (κ3) is 8.34. The zero-order valence-corrected chi connectivity index (χ0v) is 25.4. The SMILES string of the molecule is COc1ccc(CCNC(=O)CCCCCn2c(SCC(=O)c3ccc(Cl)cc3)nc3ccsc3c2=O)cc1OC. The van der Waals surface area contributed by atoms with E-state index in [0.29, 0.717) is 69.8 Å². The molecule has 1 N–H and O–H groups in total. The number of fused-ring (bicyclic) bond motifs is 1. The number of amides is 1. The number of nitrogens with one attached hydrogen (secondary N) is 1. The van der Waals surface area contributed by atoms with Crippen molar-refractivity contribution in [2.45, 2.75) is 43.8 Å². The second-order valence-electron chi connectivity index (χ2n) is 9.30. The summed E-state index contributed by atoms with van der Waals surface area (Å²) in [5, 5.41) is 5.91. The fourth-order valence-corrected chi connectivity index (χ4v) is 6.11. The van der Waals surface area contributed by atoms with Crippen LogP contribution in [-0.4, -0.2) is 47.8 Å². The third-order valence-electron chi connectivity index (χ3n) is 6.50. The van der Waals surface area contributed by atoms with Gasteiger partial charge in [-0.25, -0.2) is 4.98 Å². The summed E-state index contributed by atoms with van der Waals surface area (Å²) in [6, 6.07) is 14.3. The maximum atomic E-state index is 13.2. The normalized spacial score (nSPS) is 11.0. The smallest absolute Gasteiger partial charge is 0.272 e. The molecule has 4 rings (SSSR count). The van der Waals surface area contributed by atoms with Gasteiger partial charge in [-0.2, -0.15) is 0 Å². The summed E-state index contributed by atoms with van der Waals surface area (Å²) in [5.41, 5.74) is 2.16. The standard InChI is InChI=1S/C30H32ClN3O5S2/c1-38-25-12-7-20(18-26(25)39-2)13-15-32-27(36)6-4-3-5-16-34-29(37)28-23(14-17-40-28)33-30(34)41-19-24(35)21-8-10-22(31)11-9-21/h7-12,14,17-18H,3-6,13,15-16,19H2,1-2H3,(H,32,36). The number of rotatable bonds is 15. The molecule has 216 valence electrons. The molecule has 2 aromatic carbocycles. The van der Waals surface area contributed by atoms with Crippen molar-refractivity contribution in [1.29, 1.82) is 0 Å². The number of ketones is 1. The molecular weight excluding hydrogens is 582 g/mol. The summed E-state index contributed by atoms with van der Waals surface area (Å²) in [6.07, 6.45) is 3.32. The molecule has 2 heterocycles. The number of carbonyl (C=O) groups excluding carboxylic acids is 2. The minimum absolute atomic E-state index is 0.00118. The van der Waals surface area contributed by atoms with E-state index in [-0.39, 0.29) is 23.0 Å². The number of nitrogens with zero attached hydrogens (tertiary/aromatic N) is 2. The number of ether oxygens (including phenoxy) is 2. The number of hydrogen-bond acceptors (Lipinski definition) is 8. The third-order valence-corrected chi connectivity index (χ3v) is 8.62. The second kappa shape index (κ2) is 15.0. The molecule has 11 heteroatoms. The van der Waals surface area contributed by atoms with Crippen molar-refractivity contribution in [2.24, 2.45) is 0 Å². The highest BCUT2D eigenvalue weighted by Gasteiger charge is 2.15. The molecule has 0 radical (unpaired) electrons. The molecule has 0 spiro atoms. The van der Waals surface area contributed by atoms with E-state index < -0.39 is 0 Å². The van der Waals surface area contributed by atoms with E-state index in [4.69, 9.17) is 21.1 Å². The van der Waals surface area contributed by atoms with Crippen LogP contribution in [0.3, 0.4) is 0 Å². The molecular formula is C30H32ClN3O5S2. The zero-order chi connectivity index (χ0) is 29.2. The second-order valence-corrected chi connectivity index (χ2v) is 11.6. The van der Waals surface area contributed by atoms with Crippen molar-refractivity contribution in [1.82, 2.24) is 14.9 Å². The van der Waals surface area contributed by atoms with Crippen LogP contribution < -0.4 is 20.3 Å². The Morgan fingerprint density at radius 1 is 1.02 bits per heavy atom. The van der Waals surface area contributed by atoms with Gasteiger partial charge in [-0.1, -0.05) is 35.9 Å². The van der Waals surface area contributed by atoms with E-state index in [2.05, 4.69) is 10.3 Å². The van der Waals surface area contributed by atoms with Crippen LogP contribution >= 0.6 is 34.7 Å². The van der Waals surface area contributed by atoms with Gasteiger partial charge in [-0.05, 0) is 72.7 Å². The number of thioether (sulfide) groups is 1. The molecule has 0 aliphatic rings. The Hall–Kier alpha value is -3.34. The predicted octanol–water partition coefficient (Wildman–Crippen LogP) is 6.02. The van der Waals surface area contributed by atoms with Gasteiger partial charge >= 0.3 is 0 Å². The van der Waals surface area contributed by atoms with E-state index in [9.17, 15) is 14.4 Å². The van der Waals surface area contributed by atoms with Crippen molar-refractivity contribution in [2.75, 3.05) is 26.5 Å². The number of unbranched alkanes of at least 4 members (excludes halogenated alkanes) is 2. The summed E-state index contributed by atoms with van der Waals surface area (Å²) in [6.45, 7) is 1.00. The number of benzene rings is 2. The Morgan fingerprint density at radius 2 is 1.80 bits per heavy atom. The zero-order valence-electron chi connectivity index (χ0n) is 23.0. The van der Waals surface area contributed by atoms with Gasteiger partial charge in [0, 0.05) is 30.1 Å². The van der Waals surface area contributed by atoms with Crippen molar-refractivity contribution in [3.05, 3.63) is 80.4 Å².